The lowest BCUT2D eigenvalue weighted by atomic mass is 9.83. The summed E-state index contributed by atoms with van der Waals surface area (Å²) in [6.45, 7) is 8.04. The molecule has 1 unspecified atom stereocenters. The summed E-state index contributed by atoms with van der Waals surface area (Å²) in [6, 6.07) is 7.27. The number of hydrogen-bond acceptors (Lipinski definition) is 2. The molecule has 0 spiro atoms. The molecule has 2 heteroatoms. The summed E-state index contributed by atoms with van der Waals surface area (Å²) < 4.78 is 0. The topological polar surface area (TPSA) is 43.1 Å². The number of carbonyl (C=O) groups is 1. The van der Waals surface area contributed by atoms with Crippen LogP contribution in [-0.4, -0.2) is 11.8 Å². The summed E-state index contributed by atoms with van der Waals surface area (Å²) in [5.41, 5.74) is 7.70. The van der Waals surface area contributed by atoms with E-state index >= 15 is 0 Å². The van der Waals surface area contributed by atoms with Gasteiger partial charge in [-0.1, -0.05) is 52.0 Å². The number of hydrogen-bond donors (Lipinski definition) is 1. The van der Waals surface area contributed by atoms with Crippen molar-refractivity contribution in [1.82, 2.24) is 0 Å². The standard InChI is InChI=1S/C14H21NO/c1-5-10-6-8-11(9-7-10)12(16)13(15)14(2,3)4/h6-9,13H,5,15H2,1-4H3. The fourth-order valence-electron chi connectivity index (χ4n) is 1.48. The molecule has 0 aliphatic carbocycles. The van der Waals surface area contributed by atoms with Crippen LogP contribution in [0.3, 0.4) is 0 Å². The number of rotatable bonds is 3. The van der Waals surface area contributed by atoms with Gasteiger partial charge in [-0.15, -0.1) is 0 Å². The number of nitrogens with two attached hydrogens (primary N) is 1. The molecule has 2 nitrogen and oxygen atoms in total. The molecule has 88 valence electrons. The molecule has 0 aromatic heterocycles. The molecule has 1 atom stereocenters. The van der Waals surface area contributed by atoms with Crippen LogP contribution in [0.1, 0.15) is 43.6 Å². The summed E-state index contributed by atoms with van der Waals surface area (Å²) in [7, 11) is 0. The number of ketones is 1. The van der Waals surface area contributed by atoms with Gasteiger partial charge >= 0.3 is 0 Å². The normalized spacial score (nSPS) is 13.6. The van der Waals surface area contributed by atoms with Crippen LogP contribution in [0.25, 0.3) is 0 Å². The van der Waals surface area contributed by atoms with Gasteiger partial charge in [-0.3, -0.25) is 4.79 Å². The Morgan fingerprint density at radius 2 is 1.75 bits per heavy atom. The van der Waals surface area contributed by atoms with Crippen molar-refractivity contribution in [1.29, 1.82) is 0 Å². The van der Waals surface area contributed by atoms with Crippen molar-refractivity contribution in [3.63, 3.8) is 0 Å². The second kappa shape index (κ2) is 4.79. The molecular weight excluding hydrogens is 198 g/mol. The Labute approximate surface area is 97.9 Å². The Hall–Kier alpha value is -1.15. The molecule has 0 radical (unpaired) electrons. The van der Waals surface area contributed by atoms with E-state index in [9.17, 15) is 4.79 Å². The Morgan fingerprint density at radius 3 is 2.12 bits per heavy atom. The van der Waals surface area contributed by atoms with Crippen molar-refractivity contribution in [2.24, 2.45) is 11.1 Å². The van der Waals surface area contributed by atoms with Crippen LogP contribution in [0, 0.1) is 5.41 Å². The second-order valence-electron chi connectivity index (χ2n) is 5.26. The van der Waals surface area contributed by atoms with Crippen LogP contribution >= 0.6 is 0 Å². The van der Waals surface area contributed by atoms with Gasteiger partial charge in [-0.05, 0) is 17.4 Å². The lowest BCUT2D eigenvalue weighted by Gasteiger charge is -2.25. The largest absolute Gasteiger partial charge is 0.321 e. The van der Waals surface area contributed by atoms with Crippen LogP contribution in [0.15, 0.2) is 24.3 Å². The Bertz CT molecular complexity index is 359. The summed E-state index contributed by atoms with van der Waals surface area (Å²) in [5, 5.41) is 0. The minimum atomic E-state index is -0.444. The van der Waals surface area contributed by atoms with Crippen molar-refractivity contribution >= 4 is 5.78 Å². The first-order valence-electron chi connectivity index (χ1n) is 5.75. The van der Waals surface area contributed by atoms with Crippen molar-refractivity contribution < 1.29 is 4.79 Å². The maximum absolute atomic E-state index is 12.1. The van der Waals surface area contributed by atoms with E-state index in [4.69, 9.17) is 5.73 Å². The van der Waals surface area contributed by atoms with E-state index in [0.29, 0.717) is 5.56 Å². The highest BCUT2D eigenvalue weighted by Crippen LogP contribution is 2.21. The van der Waals surface area contributed by atoms with Gasteiger partial charge < -0.3 is 5.73 Å². The number of carbonyl (C=O) groups excluding carboxylic acids is 1. The maximum atomic E-state index is 12.1. The summed E-state index contributed by atoms with van der Waals surface area (Å²) in [6.07, 6.45) is 0.986. The molecule has 16 heavy (non-hydrogen) atoms. The first-order chi connectivity index (χ1) is 7.36. The third-order valence-corrected chi connectivity index (χ3v) is 2.86. The molecule has 1 aromatic carbocycles. The zero-order valence-corrected chi connectivity index (χ0v) is 10.6. The molecule has 0 amide bonds. The first-order valence-corrected chi connectivity index (χ1v) is 5.75. The van der Waals surface area contributed by atoms with Crippen LogP contribution in [0.5, 0.6) is 0 Å². The van der Waals surface area contributed by atoms with Gasteiger partial charge in [0.15, 0.2) is 5.78 Å². The van der Waals surface area contributed by atoms with E-state index in [1.807, 2.05) is 45.0 Å². The maximum Gasteiger partial charge on any atom is 0.180 e. The molecule has 1 rings (SSSR count). The van der Waals surface area contributed by atoms with E-state index < -0.39 is 6.04 Å². The van der Waals surface area contributed by atoms with E-state index in [-0.39, 0.29) is 11.2 Å². The lowest BCUT2D eigenvalue weighted by Crippen LogP contribution is -2.42. The summed E-state index contributed by atoms with van der Waals surface area (Å²) in [4.78, 5) is 12.1. The predicted octanol–water partition coefficient (Wildman–Crippen LogP) is 2.81. The van der Waals surface area contributed by atoms with Gasteiger partial charge in [-0.2, -0.15) is 0 Å². The van der Waals surface area contributed by atoms with Crippen LogP contribution in [-0.2, 0) is 6.42 Å². The van der Waals surface area contributed by atoms with Gasteiger partial charge in [0, 0.05) is 5.56 Å². The van der Waals surface area contributed by atoms with Crippen LogP contribution in [0.2, 0.25) is 0 Å². The second-order valence-corrected chi connectivity index (χ2v) is 5.26. The van der Waals surface area contributed by atoms with Crippen molar-refractivity contribution in [2.45, 2.75) is 40.2 Å². The van der Waals surface area contributed by atoms with Crippen molar-refractivity contribution in [3.05, 3.63) is 35.4 Å². The average molecular weight is 219 g/mol. The minimum Gasteiger partial charge on any atom is -0.321 e. The van der Waals surface area contributed by atoms with E-state index in [2.05, 4.69) is 6.92 Å². The van der Waals surface area contributed by atoms with E-state index in [0.717, 1.165) is 6.42 Å². The Balaban J connectivity index is 2.88. The SMILES string of the molecule is CCc1ccc(C(=O)C(N)C(C)(C)C)cc1. The van der Waals surface area contributed by atoms with Gasteiger partial charge in [0.25, 0.3) is 0 Å². The number of Topliss-reactive ketones (excluding diaryl/α,β-unsaturated/α-hetero) is 1. The molecule has 0 fully saturated rings. The number of aryl methyl sites for hydroxylation is 1. The fourth-order valence-corrected chi connectivity index (χ4v) is 1.48. The van der Waals surface area contributed by atoms with E-state index in [1.54, 1.807) is 0 Å². The summed E-state index contributed by atoms with van der Waals surface area (Å²) >= 11 is 0. The molecule has 0 aliphatic rings. The first kappa shape index (κ1) is 12.9. The third-order valence-electron chi connectivity index (χ3n) is 2.86. The highest BCUT2D eigenvalue weighted by molar-refractivity contribution is 6.00. The molecule has 1 aromatic rings. The van der Waals surface area contributed by atoms with Crippen molar-refractivity contribution in [3.8, 4) is 0 Å². The smallest absolute Gasteiger partial charge is 0.180 e. The molecule has 0 saturated carbocycles. The van der Waals surface area contributed by atoms with Gasteiger partial charge in [0.05, 0.1) is 6.04 Å². The highest BCUT2D eigenvalue weighted by Gasteiger charge is 2.27. The van der Waals surface area contributed by atoms with E-state index in [1.165, 1.54) is 5.56 Å². The molecule has 2 N–H and O–H groups in total. The quantitative estimate of drug-likeness (QED) is 0.794. The Kier molecular flexibility index (Phi) is 3.87. The zero-order chi connectivity index (χ0) is 12.3. The third kappa shape index (κ3) is 2.92. The zero-order valence-electron chi connectivity index (χ0n) is 10.6. The Morgan fingerprint density at radius 1 is 1.25 bits per heavy atom. The fraction of sp³-hybridized carbons (Fsp3) is 0.500. The summed E-state index contributed by atoms with van der Waals surface area (Å²) in [5.74, 6) is 0.0233. The predicted molar refractivity (Wildman–Crippen MR) is 67.6 cm³/mol. The van der Waals surface area contributed by atoms with Crippen LogP contribution in [0.4, 0.5) is 0 Å². The van der Waals surface area contributed by atoms with Gasteiger partial charge in [0.2, 0.25) is 0 Å². The molecule has 0 saturated heterocycles. The molecular formula is C14H21NO. The van der Waals surface area contributed by atoms with Crippen molar-refractivity contribution in [2.75, 3.05) is 0 Å². The van der Waals surface area contributed by atoms with Crippen LogP contribution < -0.4 is 5.73 Å². The lowest BCUT2D eigenvalue weighted by molar-refractivity contribution is 0.0901. The monoisotopic (exact) mass is 219 g/mol. The highest BCUT2D eigenvalue weighted by atomic mass is 16.1. The molecule has 0 bridgehead atoms. The average Bonchev–Trinajstić information content (AvgIpc) is 2.26. The molecule has 0 aliphatic heterocycles. The molecule has 0 heterocycles. The minimum absolute atomic E-state index is 0.0233. The van der Waals surface area contributed by atoms with Gasteiger partial charge in [0.1, 0.15) is 0 Å². The number of benzene rings is 1. The van der Waals surface area contributed by atoms with Gasteiger partial charge in [-0.25, -0.2) is 0 Å².